The fourth-order valence-electron chi connectivity index (χ4n) is 1.28. The molecule has 0 saturated heterocycles. The molecule has 1 aromatic rings. The summed E-state index contributed by atoms with van der Waals surface area (Å²) in [7, 11) is 4.06. The first-order valence-corrected chi connectivity index (χ1v) is 5.15. The second-order valence-electron chi connectivity index (χ2n) is 3.56. The van der Waals surface area contributed by atoms with Crippen LogP contribution in [0.5, 0.6) is 5.75 Å². The first-order valence-electron chi connectivity index (χ1n) is 5.15. The van der Waals surface area contributed by atoms with Gasteiger partial charge in [0.25, 0.3) is 0 Å². The minimum Gasteiger partial charge on any atom is -0.491 e. The SMILES string of the molecule is CCCCOc1ccccc1N(C)C. The van der Waals surface area contributed by atoms with E-state index in [1.165, 1.54) is 6.42 Å². The largest absolute Gasteiger partial charge is 0.491 e. The minimum absolute atomic E-state index is 0.807. The van der Waals surface area contributed by atoms with Crippen LogP contribution in [0.1, 0.15) is 19.8 Å². The summed E-state index contributed by atoms with van der Waals surface area (Å²) in [5, 5.41) is 0. The standard InChI is InChI=1S/C12H19NO/c1-4-5-10-14-12-9-7-6-8-11(12)13(2)3/h6-9H,4-5,10H2,1-3H3. The zero-order valence-electron chi connectivity index (χ0n) is 9.29. The van der Waals surface area contributed by atoms with Gasteiger partial charge < -0.3 is 9.64 Å². The highest BCUT2D eigenvalue weighted by molar-refractivity contribution is 5.57. The van der Waals surface area contributed by atoms with Crippen molar-refractivity contribution in [3.05, 3.63) is 24.3 Å². The first-order chi connectivity index (χ1) is 6.75. The molecule has 0 unspecified atom stereocenters. The van der Waals surface area contributed by atoms with Gasteiger partial charge in [-0.15, -0.1) is 0 Å². The van der Waals surface area contributed by atoms with Gasteiger partial charge in [-0.3, -0.25) is 0 Å². The summed E-state index contributed by atoms with van der Waals surface area (Å²) in [5.41, 5.74) is 1.14. The fraction of sp³-hybridized carbons (Fsp3) is 0.500. The predicted octanol–water partition coefficient (Wildman–Crippen LogP) is 2.93. The van der Waals surface area contributed by atoms with E-state index in [9.17, 15) is 0 Å². The van der Waals surface area contributed by atoms with E-state index >= 15 is 0 Å². The van der Waals surface area contributed by atoms with Gasteiger partial charge in [0.05, 0.1) is 12.3 Å². The molecule has 1 aromatic carbocycles. The third-order valence-electron chi connectivity index (χ3n) is 2.10. The Morgan fingerprint density at radius 1 is 1.21 bits per heavy atom. The van der Waals surface area contributed by atoms with E-state index in [-0.39, 0.29) is 0 Å². The quantitative estimate of drug-likeness (QED) is 0.667. The Bertz CT molecular complexity index is 271. The smallest absolute Gasteiger partial charge is 0.142 e. The molecule has 0 atom stereocenters. The van der Waals surface area contributed by atoms with E-state index in [4.69, 9.17) is 4.74 Å². The number of nitrogens with zero attached hydrogens (tertiary/aromatic N) is 1. The van der Waals surface area contributed by atoms with E-state index in [0.29, 0.717) is 0 Å². The Morgan fingerprint density at radius 2 is 1.93 bits per heavy atom. The van der Waals surface area contributed by atoms with Gasteiger partial charge >= 0.3 is 0 Å². The Morgan fingerprint density at radius 3 is 2.57 bits per heavy atom. The third-order valence-corrected chi connectivity index (χ3v) is 2.10. The van der Waals surface area contributed by atoms with Gasteiger partial charge in [-0.2, -0.15) is 0 Å². The summed E-state index contributed by atoms with van der Waals surface area (Å²) in [4.78, 5) is 2.07. The molecule has 0 radical (unpaired) electrons. The number of unbranched alkanes of at least 4 members (excludes halogenated alkanes) is 1. The Balaban J connectivity index is 2.64. The molecule has 0 aliphatic heterocycles. The molecular formula is C12H19NO. The van der Waals surface area contributed by atoms with Crippen LogP contribution < -0.4 is 9.64 Å². The van der Waals surface area contributed by atoms with Crippen molar-refractivity contribution < 1.29 is 4.74 Å². The van der Waals surface area contributed by atoms with Crippen LogP contribution in [0, 0.1) is 0 Å². The molecule has 0 heterocycles. The highest BCUT2D eigenvalue weighted by atomic mass is 16.5. The van der Waals surface area contributed by atoms with Gasteiger partial charge in [-0.25, -0.2) is 0 Å². The first kappa shape index (κ1) is 10.9. The molecule has 0 spiro atoms. The molecule has 2 heteroatoms. The topological polar surface area (TPSA) is 12.5 Å². The number of anilines is 1. The molecule has 0 bridgehead atoms. The number of benzene rings is 1. The normalized spacial score (nSPS) is 9.93. The second kappa shape index (κ2) is 5.53. The number of hydrogen-bond acceptors (Lipinski definition) is 2. The lowest BCUT2D eigenvalue weighted by molar-refractivity contribution is 0.310. The molecule has 0 aliphatic rings. The average Bonchev–Trinajstić information content (AvgIpc) is 2.19. The van der Waals surface area contributed by atoms with Crippen molar-refractivity contribution in [3.8, 4) is 5.75 Å². The molecule has 0 amide bonds. The van der Waals surface area contributed by atoms with Gasteiger partial charge in [-0.1, -0.05) is 25.5 Å². The molecule has 78 valence electrons. The predicted molar refractivity (Wildman–Crippen MR) is 61.2 cm³/mol. The van der Waals surface area contributed by atoms with Crippen molar-refractivity contribution in [1.82, 2.24) is 0 Å². The summed E-state index contributed by atoms with van der Waals surface area (Å²) in [6.45, 7) is 2.97. The average molecular weight is 193 g/mol. The van der Waals surface area contributed by atoms with E-state index in [1.54, 1.807) is 0 Å². The molecule has 1 rings (SSSR count). The zero-order chi connectivity index (χ0) is 10.4. The van der Waals surface area contributed by atoms with E-state index in [0.717, 1.165) is 24.5 Å². The van der Waals surface area contributed by atoms with Crippen molar-refractivity contribution >= 4 is 5.69 Å². The number of rotatable bonds is 5. The molecule has 2 nitrogen and oxygen atoms in total. The van der Waals surface area contributed by atoms with Crippen LogP contribution in [0.3, 0.4) is 0 Å². The number of hydrogen-bond donors (Lipinski definition) is 0. The maximum atomic E-state index is 5.70. The maximum absolute atomic E-state index is 5.70. The minimum atomic E-state index is 0.807. The lowest BCUT2D eigenvalue weighted by atomic mass is 10.3. The van der Waals surface area contributed by atoms with Crippen molar-refractivity contribution in [2.24, 2.45) is 0 Å². The van der Waals surface area contributed by atoms with Gasteiger partial charge in [0.15, 0.2) is 0 Å². The van der Waals surface area contributed by atoms with Gasteiger partial charge in [0.1, 0.15) is 5.75 Å². The molecule has 0 saturated carbocycles. The van der Waals surface area contributed by atoms with Crippen molar-refractivity contribution in [3.63, 3.8) is 0 Å². The monoisotopic (exact) mass is 193 g/mol. The molecule has 0 N–H and O–H groups in total. The van der Waals surface area contributed by atoms with E-state index < -0.39 is 0 Å². The Kier molecular flexibility index (Phi) is 4.30. The van der Waals surface area contributed by atoms with Gasteiger partial charge in [-0.05, 0) is 18.6 Å². The number of para-hydroxylation sites is 2. The fourth-order valence-corrected chi connectivity index (χ4v) is 1.28. The molecule has 0 fully saturated rings. The molecular weight excluding hydrogens is 174 g/mol. The van der Waals surface area contributed by atoms with Crippen LogP contribution in [-0.4, -0.2) is 20.7 Å². The van der Waals surface area contributed by atoms with Crippen LogP contribution in [0.15, 0.2) is 24.3 Å². The van der Waals surface area contributed by atoms with E-state index in [2.05, 4.69) is 17.9 Å². The highest BCUT2D eigenvalue weighted by Gasteiger charge is 2.03. The lowest BCUT2D eigenvalue weighted by Crippen LogP contribution is -2.10. The van der Waals surface area contributed by atoms with Gasteiger partial charge in [0.2, 0.25) is 0 Å². The summed E-state index contributed by atoms with van der Waals surface area (Å²) >= 11 is 0. The second-order valence-corrected chi connectivity index (χ2v) is 3.56. The van der Waals surface area contributed by atoms with Crippen LogP contribution in [0.2, 0.25) is 0 Å². The Hall–Kier alpha value is -1.18. The van der Waals surface area contributed by atoms with Crippen LogP contribution in [-0.2, 0) is 0 Å². The zero-order valence-corrected chi connectivity index (χ0v) is 9.29. The molecule has 14 heavy (non-hydrogen) atoms. The summed E-state index contributed by atoms with van der Waals surface area (Å²) in [6, 6.07) is 8.13. The van der Waals surface area contributed by atoms with Crippen LogP contribution >= 0.6 is 0 Å². The number of ether oxygens (including phenoxy) is 1. The molecule has 0 aliphatic carbocycles. The highest BCUT2D eigenvalue weighted by Crippen LogP contribution is 2.25. The Labute approximate surface area is 86.5 Å². The lowest BCUT2D eigenvalue weighted by Gasteiger charge is -2.17. The van der Waals surface area contributed by atoms with Crippen molar-refractivity contribution in [1.29, 1.82) is 0 Å². The third kappa shape index (κ3) is 2.95. The van der Waals surface area contributed by atoms with Crippen molar-refractivity contribution in [2.75, 3.05) is 25.6 Å². The summed E-state index contributed by atoms with van der Waals surface area (Å²) in [6.07, 6.45) is 2.28. The van der Waals surface area contributed by atoms with Crippen LogP contribution in [0.4, 0.5) is 5.69 Å². The van der Waals surface area contributed by atoms with E-state index in [1.807, 2.05) is 32.3 Å². The van der Waals surface area contributed by atoms with Gasteiger partial charge in [0, 0.05) is 14.1 Å². The summed E-state index contributed by atoms with van der Waals surface area (Å²) < 4.78 is 5.70. The molecule has 0 aromatic heterocycles. The maximum Gasteiger partial charge on any atom is 0.142 e. The summed E-state index contributed by atoms with van der Waals surface area (Å²) in [5.74, 6) is 0.978. The van der Waals surface area contributed by atoms with Crippen LogP contribution in [0.25, 0.3) is 0 Å². The van der Waals surface area contributed by atoms with Crippen molar-refractivity contribution in [2.45, 2.75) is 19.8 Å².